The van der Waals surface area contributed by atoms with E-state index >= 15 is 0 Å². The van der Waals surface area contributed by atoms with Crippen molar-refractivity contribution in [1.82, 2.24) is 10.2 Å². The second-order valence-corrected chi connectivity index (χ2v) is 5.75. The molecule has 0 atom stereocenters. The van der Waals surface area contributed by atoms with Gasteiger partial charge in [-0.15, -0.1) is 12.4 Å². The first-order valence-electron chi connectivity index (χ1n) is 8.11. The third kappa shape index (κ3) is 6.37. The lowest BCUT2D eigenvalue weighted by molar-refractivity contribution is -0.117. The van der Waals surface area contributed by atoms with Crippen molar-refractivity contribution in [2.45, 2.75) is 19.8 Å². The van der Waals surface area contributed by atoms with Crippen molar-refractivity contribution in [3.63, 3.8) is 0 Å². The minimum absolute atomic E-state index is 0. The van der Waals surface area contributed by atoms with E-state index in [0.717, 1.165) is 49.8 Å². The van der Waals surface area contributed by atoms with Crippen LogP contribution in [0.2, 0.25) is 0 Å². The van der Waals surface area contributed by atoms with Crippen LogP contribution in [0.5, 0.6) is 5.75 Å². The summed E-state index contributed by atoms with van der Waals surface area (Å²) < 4.78 is 5.53. The Hall–Kier alpha value is -1.30. The van der Waals surface area contributed by atoms with Crippen LogP contribution >= 0.6 is 12.4 Å². The predicted octanol–water partition coefficient (Wildman–Crippen LogP) is 2.38. The lowest BCUT2D eigenvalue weighted by atomic mass is 9.97. The van der Waals surface area contributed by atoms with Crippen molar-refractivity contribution in [3.8, 4) is 5.75 Å². The number of carbonyl (C=O) groups excluding carboxylic acids is 1. The zero-order valence-electron chi connectivity index (χ0n) is 14.0. The molecule has 0 radical (unpaired) electrons. The SMILES string of the molecule is CCOc1ccccc1NC(=O)CN1CCC(CNC)CC1.Cl. The standard InChI is InChI=1S/C17H27N3O2.ClH/c1-3-22-16-7-5-4-6-15(16)19-17(21)13-20-10-8-14(9-11-20)12-18-2;/h4-7,14,18H,3,8-13H2,1-2H3,(H,19,21);1H. The maximum atomic E-state index is 12.2. The number of likely N-dealkylation sites (tertiary alicyclic amines) is 1. The molecule has 1 aromatic rings. The second-order valence-electron chi connectivity index (χ2n) is 5.75. The predicted molar refractivity (Wildman–Crippen MR) is 96.6 cm³/mol. The van der Waals surface area contributed by atoms with E-state index in [0.29, 0.717) is 13.2 Å². The summed E-state index contributed by atoms with van der Waals surface area (Å²) in [6, 6.07) is 7.57. The summed E-state index contributed by atoms with van der Waals surface area (Å²) in [6.07, 6.45) is 2.31. The molecule has 1 heterocycles. The van der Waals surface area contributed by atoms with Crippen LogP contribution in [0.25, 0.3) is 0 Å². The Morgan fingerprint density at radius 1 is 1.30 bits per heavy atom. The van der Waals surface area contributed by atoms with Gasteiger partial charge in [0.2, 0.25) is 5.91 Å². The number of halogens is 1. The maximum absolute atomic E-state index is 12.2. The van der Waals surface area contributed by atoms with E-state index in [-0.39, 0.29) is 18.3 Å². The average Bonchev–Trinajstić information content (AvgIpc) is 2.52. The van der Waals surface area contributed by atoms with E-state index < -0.39 is 0 Å². The Morgan fingerprint density at radius 3 is 2.65 bits per heavy atom. The van der Waals surface area contributed by atoms with Gasteiger partial charge in [0.1, 0.15) is 5.75 Å². The van der Waals surface area contributed by atoms with Gasteiger partial charge in [0.05, 0.1) is 18.8 Å². The normalized spacial score (nSPS) is 15.7. The number of para-hydroxylation sites is 2. The summed E-state index contributed by atoms with van der Waals surface area (Å²) in [7, 11) is 2.00. The molecular formula is C17H28ClN3O2. The number of anilines is 1. The third-order valence-corrected chi connectivity index (χ3v) is 4.03. The molecule has 23 heavy (non-hydrogen) atoms. The first kappa shape index (κ1) is 19.7. The van der Waals surface area contributed by atoms with Crippen molar-refractivity contribution in [3.05, 3.63) is 24.3 Å². The molecule has 0 aliphatic carbocycles. The first-order chi connectivity index (χ1) is 10.7. The summed E-state index contributed by atoms with van der Waals surface area (Å²) in [4.78, 5) is 14.5. The van der Waals surface area contributed by atoms with Crippen LogP contribution in [0.4, 0.5) is 5.69 Å². The van der Waals surface area contributed by atoms with E-state index in [1.807, 2.05) is 38.2 Å². The number of piperidine rings is 1. The maximum Gasteiger partial charge on any atom is 0.238 e. The summed E-state index contributed by atoms with van der Waals surface area (Å²) >= 11 is 0. The third-order valence-electron chi connectivity index (χ3n) is 4.03. The van der Waals surface area contributed by atoms with Gasteiger partial charge in [0.15, 0.2) is 0 Å². The Balaban J connectivity index is 0.00000264. The van der Waals surface area contributed by atoms with Gasteiger partial charge in [-0.2, -0.15) is 0 Å². The largest absolute Gasteiger partial charge is 0.492 e. The van der Waals surface area contributed by atoms with Crippen LogP contribution in [0.1, 0.15) is 19.8 Å². The molecule has 1 aliphatic heterocycles. The van der Waals surface area contributed by atoms with Gasteiger partial charge in [-0.3, -0.25) is 9.69 Å². The van der Waals surface area contributed by atoms with Gasteiger partial charge in [-0.05, 0) is 64.5 Å². The molecule has 2 N–H and O–H groups in total. The Labute approximate surface area is 145 Å². The van der Waals surface area contributed by atoms with Gasteiger partial charge in [0, 0.05) is 0 Å². The monoisotopic (exact) mass is 341 g/mol. The highest BCUT2D eigenvalue weighted by Gasteiger charge is 2.20. The van der Waals surface area contributed by atoms with Gasteiger partial charge < -0.3 is 15.4 Å². The van der Waals surface area contributed by atoms with E-state index in [4.69, 9.17) is 4.74 Å². The molecular weight excluding hydrogens is 314 g/mol. The fraction of sp³-hybridized carbons (Fsp3) is 0.588. The number of nitrogens with one attached hydrogen (secondary N) is 2. The number of rotatable bonds is 7. The van der Waals surface area contributed by atoms with Gasteiger partial charge >= 0.3 is 0 Å². The molecule has 0 bridgehead atoms. The quantitative estimate of drug-likeness (QED) is 0.799. The molecule has 0 unspecified atom stereocenters. The molecule has 1 saturated heterocycles. The smallest absolute Gasteiger partial charge is 0.238 e. The number of nitrogens with zero attached hydrogens (tertiary/aromatic N) is 1. The lowest BCUT2D eigenvalue weighted by Gasteiger charge is -2.31. The molecule has 6 heteroatoms. The van der Waals surface area contributed by atoms with Gasteiger partial charge in [0.25, 0.3) is 0 Å². The van der Waals surface area contributed by atoms with E-state index in [9.17, 15) is 4.79 Å². The molecule has 1 aromatic carbocycles. The number of carbonyl (C=O) groups is 1. The number of hydrogen-bond acceptors (Lipinski definition) is 4. The zero-order chi connectivity index (χ0) is 15.8. The van der Waals surface area contributed by atoms with Crippen molar-refractivity contribution in [1.29, 1.82) is 0 Å². The minimum Gasteiger partial charge on any atom is -0.492 e. The van der Waals surface area contributed by atoms with Gasteiger partial charge in [-0.1, -0.05) is 12.1 Å². The molecule has 2 rings (SSSR count). The van der Waals surface area contributed by atoms with Crippen LogP contribution in [0.3, 0.4) is 0 Å². The van der Waals surface area contributed by atoms with Crippen molar-refractivity contribution in [2.75, 3.05) is 45.2 Å². The molecule has 130 valence electrons. The molecule has 1 fully saturated rings. The van der Waals surface area contributed by atoms with E-state index in [2.05, 4.69) is 15.5 Å². The first-order valence-corrected chi connectivity index (χ1v) is 8.11. The number of amides is 1. The Bertz CT molecular complexity index is 477. The van der Waals surface area contributed by atoms with Crippen molar-refractivity contribution >= 4 is 24.0 Å². The minimum atomic E-state index is 0. The fourth-order valence-electron chi connectivity index (χ4n) is 2.88. The second kappa shape index (κ2) is 10.5. The van der Waals surface area contributed by atoms with Gasteiger partial charge in [-0.25, -0.2) is 0 Å². The summed E-state index contributed by atoms with van der Waals surface area (Å²) in [5.41, 5.74) is 0.749. The highest BCUT2D eigenvalue weighted by atomic mass is 35.5. The number of hydrogen-bond donors (Lipinski definition) is 2. The van der Waals surface area contributed by atoms with Crippen molar-refractivity contribution in [2.24, 2.45) is 5.92 Å². The highest BCUT2D eigenvalue weighted by Crippen LogP contribution is 2.23. The zero-order valence-corrected chi connectivity index (χ0v) is 14.8. The van der Waals surface area contributed by atoms with Crippen LogP contribution in [0, 0.1) is 5.92 Å². The molecule has 1 aliphatic rings. The lowest BCUT2D eigenvalue weighted by Crippen LogP contribution is -2.40. The summed E-state index contributed by atoms with van der Waals surface area (Å²) in [6.45, 7) is 6.04. The molecule has 5 nitrogen and oxygen atoms in total. The average molecular weight is 342 g/mol. The van der Waals surface area contributed by atoms with Crippen molar-refractivity contribution < 1.29 is 9.53 Å². The molecule has 1 amide bonds. The molecule has 0 saturated carbocycles. The summed E-state index contributed by atoms with van der Waals surface area (Å²) in [5, 5.41) is 6.19. The fourth-order valence-corrected chi connectivity index (χ4v) is 2.88. The Kier molecular flexibility index (Phi) is 8.99. The van der Waals surface area contributed by atoms with E-state index in [1.165, 1.54) is 0 Å². The molecule has 0 aromatic heterocycles. The van der Waals surface area contributed by atoms with Crippen LogP contribution < -0.4 is 15.4 Å². The molecule has 0 spiro atoms. The number of ether oxygens (including phenoxy) is 1. The Morgan fingerprint density at radius 2 is 2.00 bits per heavy atom. The summed E-state index contributed by atoms with van der Waals surface area (Å²) in [5.74, 6) is 1.49. The topological polar surface area (TPSA) is 53.6 Å². The van der Waals surface area contributed by atoms with E-state index in [1.54, 1.807) is 0 Å². The van der Waals surface area contributed by atoms with Crippen LogP contribution in [-0.4, -0.2) is 50.6 Å². The van der Waals surface area contributed by atoms with Crippen LogP contribution in [0.15, 0.2) is 24.3 Å². The number of benzene rings is 1. The van der Waals surface area contributed by atoms with Crippen LogP contribution in [-0.2, 0) is 4.79 Å². The highest BCUT2D eigenvalue weighted by molar-refractivity contribution is 5.93.